The summed E-state index contributed by atoms with van der Waals surface area (Å²) in [5.41, 5.74) is 3.93. The van der Waals surface area contributed by atoms with Crippen LogP contribution >= 0.6 is 0 Å². The first-order valence-electron chi connectivity index (χ1n) is 7.01. The van der Waals surface area contributed by atoms with Crippen LogP contribution in [0.1, 0.15) is 23.1 Å². The molecule has 0 unspecified atom stereocenters. The highest BCUT2D eigenvalue weighted by atomic mass is 16.5. The number of aromatic nitrogens is 2. The van der Waals surface area contributed by atoms with Crippen LogP contribution in [0.2, 0.25) is 0 Å². The summed E-state index contributed by atoms with van der Waals surface area (Å²) in [7, 11) is 1.71. The molecule has 0 saturated carbocycles. The van der Waals surface area contributed by atoms with Gasteiger partial charge in [-0.3, -0.25) is 0 Å². The van der Waals surface area contributed by atoms with Crippen LogP contribution in [0.5, 0.6) is 5.75 Å². The summed E-state index contributed by atoms with van der Waals surface area (Å²) in [5.74, 6) is 0.934. The number of nitrogens with zero attached hydrogens (tertiary/aromatic N) is 2. The molecule has 1 heterocycles. The van der Waals surface area contributed by atoms with Gasteiger partial charge in [0.1, 0.15) is 5.75 Å². The third kappa shape index (κ3) is 3.84. The molecule has 0 atom stereocenters. The van der Waals surface area contributed by atoms with Gasteiger partial charge in [-0.1, -0.05) is 0 Å². The Bertz CT molecular complexity index is 512. The van der Waals surface area contributed by atoms with E-state index in [4.69, 9.17) is 4.74 Å². The van der Waals surface area contributed by atoms with Crippen molar-refractivity contribution in [1.82, 2.24) is 14.9 Å². The van der Waals surface area contributed by atoms with Crippen LogP contribution in [-0.2, 0) is 13.1 Å². The van der Waals surface area contributed by atoms with Crippen LogP contribution < -0.4 is 10.1 Å². The number of methoxy groups -OCH3 is 1. The molecule has 0 bridgehead atoms. The molecule has 4 nitrogen and oxygen atoms in total. The first kappa shape index (κ1) is 14.6. The third-order valence-corrected chi connectivity index (χ3v) is 3.54. The normalized spacial score (nSPS) is 10.8. The van der Waals surface area contributed by atoms with Gasteiger partial charge in [-0.05, 0) is 55.6 Å². The summed E-state index contributed by atoms with van der Waals surface area (Å²) < 4.78 is 7.39. The molecule has 2 rings (SSSR count). The van der Waals surface area contributed by atoms with Crippen molar-refractivity contribution < 1.29 is 4.74 Å². The fourth-order valence-corrected chi connectivity index (χ4v) is 2.37. The molecule has 0 aliphatic heterocycles. The van der Waals surface area contributed by atoms with Crippen LogP contribution in [0.4, 0.5) is 0 Å². The van der Waals surface area contributed by atoms with Gasteiger partial charge in [0.25, 0.3) is 0 Å². The van der Waals surface area contributed by atoms with Gasteiger partial charge in [-0.2, -0.15) is 0 Å². The third-order valence-electron chi connectivity index (χ3n) is 3.54. The Morgan fingerprint density at radius 2 is 2.00 bits per heavy atom. The molecule has 1 aromatic heterocycles. The zero-order valence-corrected chi connectivity index (χ0v) is 12.5. The standard InChI is InChI=1S/C16H23N3O/c1-13-9-15(20-3)10-14(2)16(13)11-17-5-4-7-19-8-6-18-12-19/h6,8-10,12,17H,4-5,7,11H2,1-3H3. The second-order valence-electron chi connectivity index (χ2n) is 5.07. The molecule has 20 heavy (non-hydrogen) atoms. The van der Waals surface area contributed by atoms with E-state index in [0.29, 0.717) is 0 Å². The zero-order valence-electron chi connectivity index (χ0n) is 12.5. The Labute approximate surface area is 120 Å². The monoisotopic (exact) mass is 273 g/mol. The first-order valence-corrected chi connectivity index (χ1v) is 7.01. The Kier molecular flexibility index (Phi) is 5.18. The molecule has 0 saturated heterocycles. The maximum Gasteiger partial charge on any atom is 0.119 e. The van der Waals surface area contributed by atoms with Crippen LogP contribution in [0, 0.1) is 13.8 Å². The van der Waals surface area contributed by atoms with Crippen molar-refractivity contribution in [3.63, 3.8) is 0 Å². The molecule has 1 aromatic carbocycles. The number of hydrogen-bond acceptors (Lipinski definition) is 3. The van der Waals surface area contributed by atoms with Gasteiger partial charge in [0.05, 0.1) is 13.4 Å². The molecule has 0 fully saturated rings. The Morgan fingerprint density at radius 3 is 2.60 bits per heavy atom. The molecule has 0 spiro atoms. The molecule has 0 radical (unpaired) electrons. The average Bonchev–Trinajstić information content (AvgIpc) is 2.94. The fraction of sp³-hybridized carbons (Fsp3) is 0.438. The smallest absolute Gasteiger partial charge is 0.119 e. The molecule has 0 amide bonds. The lowest BCUT2D eigenvalue weighted by atomic mass is 10.0. The number of nitrogens with one attached hydrogen (secondary N) is 1. The molecule has 0 aliphatic carbocycles. The summed E-state index contributed by atoms with van der Waals surface area (Å²) in [6.45, 7) is 7.19. The minimum atomic E-state index is 0.908. The topological polar surface area (TPSA) is 39.1 Å². The van der Waals surface area contributed by atoms with E-state index in [1.54, 1.807) is 7.11 Å². The lowest BCUT2D eigenvalue weighted by molar-refractivity contribution is 0.414. The second-order valence-corrected chi connectivity index (χ2v) is 5.07. The minimum absolute atomic E-state index is 0.908. The van der Waals surface area contributed by atoms with Gasteiger partial charge >= 0.3 is 0 Å². The van der Waals surface area contributed by atoms with Gasteiger partial charge in [0, 0.05) is 25.5 Å². The van der Waals surface area contributed by atoms with Crippen molar-refractivity contribution >= 4 is 0 Å². The lowest BCUT2D eigenvalue weighted by Gasteiger charge is -2.13. The van der Waals surface area contributed by atoms with E-state index < -0.39 is 0 Å². The maximum absolute atomic E-state index is 5.29. The summed E-state index contributed by atoms with van der Waals surface area (Å²) in [4.78, 5) is 4.04. The van der Waals surface area contributed by atoms with Gasteiger partial charge in [0.15, 0.2) is 0 Å². The van der Waals surface area contributed by atoms with Gasteiger partial charge in [-0.15, -0.1) is 0 Å². The van der Waals surface area contributed by atoms with Crippen molar-refractivity contribution in [3.8, 4) is 5.75 Å². The summed E-state index contributed by atoms with van der Waals surface area (Å²) in [5, 5.41) is 3.51. The lowest BCUT2D eigenvalue weighted by Crippen LogP contribution is -2.17. The highest BCUT2D eigenvalue weighted by molar-refractivity contribution is 5.40. The number of aryl methyl sites for hydroxylation is 3. The average molecular weight is 273 g/mol. The number of rotatable bonds is 7. The maximum atomic E-state index is 5.29. The van der Waals surface area contributed by atoms with Crippen molar-refractivity contribution in [1.29, 1.82) is 0 Å². The molecule has 0 aliphatic rings. The largest absolute Gasteiger partial charge is 0.497 e. The number of benzene rings is 1. The number of ether oxygens (including phenoxy) is 1. The van der Waals surface area contributed by atoms with E-state index in [-0.39, 0.29) is 0 Å². The molecular formula is C16H23N3O. The first-order chi connectivity index (χ1) is 9.70. The van der Waals surface area contributed by atoms with Crippen molar-refractivity contribution in [2.45, 2.75) is 33.4 Å². The van der Waals surface area contributed by atoms with E-state index in [1.807, 2.05) is 18.7 Å². The second kappa shape index (κ2) is 7.10. The molecule has 1 N–H and O–H groups in total. The Hall–Kier alpha value is -1.81. The summed E-state index contributed by atoms with van der Waals surface area (Å²) >= 11 is 0. The highest BCUT2D eigenvalue weighted by Crippen LogP contribution is 2.21. The zero-order chi connectivity index (χ0) is 14.4. The summed E-state index contributed by atoms with van der Waals surface area (Å²) in [6, 6.07) is 4.19. The predicted octanol–water partition coefficient (Wildman–Crippen LogP) is 2.69. The van der Waals surface area contributed by atoms with Gasteiger partial charge in [-0.25, -0.2) is 4.98 Å². The van der Waals surface area contributed by atoms with Crippen LogP contribution in [0.3, 0.4) is 0 Å². The molecule has 4 heteroatoms. The van der Waals surface area contributed by atoms with E-state index in [0.717, 1.165) is 31.8 Å². The van der Waals surface area contributed by atoms with Crippen LogP contribution in [-0.4, -0.2) is 23.2 Å². The van der Waals surface area contributed by atoms with Crippen molar-refractivity contribution in [2.75, 3.05) is 13.7 Å². The quantitative estimate of drug-likeness (QED) is 0.788. The van der Waals surface area contributed by atoms with Crippen LogP contribution in [0.15, 0.2) is 30.9 Å². The van der Waals surface area contributed by atoms with E-state index >= 15 is 0 Å². The van der Waals surface area contributed by atoms with Gasteiger partial charge < -0.3 is 14.6 Å². The van der Waals surface area contributed by atoms with Crippen molar-refractivity contribution in [2.24, 2.45) is 0 Å². The highest BCUT2D eigenvalue weighted by Gasteiger charge is 2.05. The predicted molar refractivity (Wildman–Crippen MR) is 81.0 cm³/mol. The van der Waals surface area contributed by atoms with E-state index in [9.17, 15) is 0 Å². The molecule has 108 valence electrons. The summed E-state index contributed by atoms with van der Waals surface area (Å²) in [6.07, 6.45) is 6.78. The van der Waals surface area contributed by atoms with E-state index in [1.165, 1.54) is 16.7 Å². The van der Waals surface area contributed by atoms with Gasteiger partial charge in [0.2, 0.25) is 0 Å². The SMILES string of the molecule is COc1cc(C)c(CNCCCn2ccnc2)c(C)c1. The number of hydrogen-bond donors (Lipinski definition) is 1. The van der Waals surface area contributed by atoms with Crippen molar-refractivity contribution in [3.05, 3.63) is 47.5 Å². The Morgan fingerprint density at radius 1 is 1.25 bits per heavy atom. The van der Waals surface area contributed by atoms with Crippen LogP contribution in [0.25, 0.3) is 0 Å². The van der Waals surface area contributed by atoms with E-state index in [2.05, 4.69) is 40.8 Å². The minimum Gasteiger partial charge on any atom is -0.497 e. The number of imidazole rings is 1. The molecule has 2 aromatic rings. The Balaban J connectivity index is 1.79. The molecular weight excluding hydrogens is 250 g/mol. The fourth-order valence-electron chi connectivity index (χ4n) is 2.37.